The van der Waals surface area contributed by atoms with Crippen molar-refractivity contribution < 1.29 is 13.6 Å². The molecule has 0 spiro atoms. The molecule has 1 fully saturated rings. The molecule has 134 valence electrons. The highest BCUT2D eigenvalue weighted by Gasteiger charge is 2.24. The lowest BCUT2D eigenvalue weighted by Crippen LogP contribution is -2.55. The molecule has 0 unspecified atom stereocenters. The van der Waals surface area contributed by atoms with Gasteiger partial charge in [0.2, 0.25) is 0 Å². The van der Waals surface area contributed by atoms with Gasteiger partial charge in [-0.2, -0.15) is 0 Å². The molecule has 1 aliphatic heterocycles. The smallest absolute Gasteiger partial charge is 0.317 e. The summed E-state index contributed by atoms with van der Waals surface area (Å²) in [6.07, 6.45) is -2.55. The monoisotopic (exact) mass is 340 g/mol. The number of urea groups is 1. The summed E-state index contributed by atoms with van der Waals surface area (Å²) in [5.41, 5.74) is 0.836. The number of likely N-dealkylation sites (N-methyl/N-ethyl adjacent to an activating group) is 2. The largest absolute Gasteiger partial charge is 0.336 e. The Balaban J connectivity index is 1.92. The Labute approximate surface area is 142 Å². The van der Waals surface area contributed by atoms with E-state index in [1.165, 1.54) is 4.90 Å². The zero-order valence-electron chi connectivity index (χ0n) is 14.3. The van der Waals surface area contributed by atoms with Crippen molar-refractivity contribution in [3.63, 3.8) is 0 Å². The molecule has 0 saturated carbocycles. The van der Waals surface area contributed by atoms with Gasteiger partial charge in [0.05, 0.1) is 6.54 Å². The number of amides is 2. The van der Waals surface area contributed by atoms with Crippen molar-refractivity contribution in [3.05, 3.63) is 35.9 Å². The van der Waals surface area contributed by atoms with Crippen LogP contribution in [0.2, 0.25) is 0 Å². The van der Waals surface area contributed by atoms with Gasteiger partial charge in [0, 0.05) is 38.8 Å². The maximum absolute atomic E-state index is 12.8. The van der Waals surface area contributed by atoms with Crippen LogP contribution in [0.3, 0.4) is 0 Å². The summed E-state index contributed by atoms with van der Waals surface area (Å²) in [4.78, 5) is 17.9. The molecule has 0 aliphatic carbocycles. The average molecular weight is 340 g/mol. The van der Waals surface area contributed by atoms with Crippen molar-refractivity contribution >= 4 is 6.03 Å². The molecule has 1 aromatic carbocycles. The Morgan fingerprint density at radius 1 is 1.29 bits per heavy atom. The third-order valence-corrected chi connectivity index (χ3v) is 4.33. The quantitative estimate of drug-likeness (QED) is 0.857. The van der Waals surface area contributed by atoms with Crippen LogP contribution in [-0.4, -0.2) is 80.0 Å². The molecule has 2 rings (SSSR count). The molecule has 0 radical (unpaired) electrons. The van der Waals surface area contributed by atoms with Gasteiger partial charge in [-0.3, -0.25) is 4.90 Å². The molecule has 0 bridgehead atoms. The lowest BCUT2D eigenvalue weighted by molar-refractivity contribution is 0.0907. The van der Waals surface area contributed by atoms with Crippen molar-refractivity contribution in [2.24, 2.45) is 0 Å². The maximum Gasteiger partial charge on any atom is 0.317 e. The van der Waals surface area contributed by atoms with Crippen LogP contribution in [0.15, 0.2) is 30.3 Å². The number of halogens is 2. The fraction of sp³-hybridized carbons (Fsp3) is 0.588. The number of piperazine rings is 1. The van der Waals surface area contributed by atoms with Crippen molar-refractivity contribution in [2.45, 2.75) is 19.0 Å². The normalized spacial score (nSPS) is 19.5. The first-order valence-electron chi connectivity index (χ1n) is 8.19. The van der Waals surface area contributed by atoms with Gasteiger partial charge in [-0.1, -0.05) is 30.3 Å². The molecule has 0 aromatic heterocycles. The van der Waals surface area contributed by atoms with E-state index < -0.39 is 19.0 Å². The van der Waals surface area contributed by atoms with Gasteiger partial charge in [0.25, 0.3) is 6.43 Å². The lowest BCUT2D eigenvalue weighted by atomic mass is 10.2. The summed E-state index contributed by atoms with van der Waals surface area (Å²) in [5.74, 6) is 0. The molecule has 1 N–H and O–H groups in total. The molecule has 1 atom stereocenters. The van der Waals surface area contributed by atoms with Gasteiger partial charge in [0.15, 0.2) is 0 Å². The van der Waals surface area contributed by atoms with Crippen molar-refractivity contribution in [2.75, 3.05) is 46.8 Å². The second-order valence-electron chi connectivity index (χ2n) is 6.34. The predicted octanol–water partition coefficient (Wildman–Crippen LogP) is 1.71. The number of nitrogens with one attached hydrogen (secondary N) is 1. The number of rotatable bonds is 6. The number of alkyl halides is 2. The standard InChI is InChI=1S/C17H26F2N4O/c1-21-8-9-22(2)15(12-21)10-20-17(24)23(13-16(18)19)11-14-6-4-3-5-7-14/h3-7,15-16H,8-13H2,1-2H3,(H,20,24)/t15-/m1/s1. The highest BCUT2D eigenvalue weighted by molar-refractivity contribution is 5.74. The third-order valence-electron chi connectivity index (χ3n) is 4.33. The van der Waals surface area contributed by atoms with Crippen molar-refractivity contribution in [3.8, 4) is 0 Å². The van der Waals surface area contributed by atoms with Crippen LogP contribution < -0.4 is 5.32 Å². The molecule has 5 nitrogen and oxygen atoms in total. The van der Waals surface area contributed by atoms with E-state index in [9.17, 15) is 13.6 Å². The van der Waals surface area contributed by atoms with Gasteiger partial charge < -0.3 is 15.1 Å². The maximum atomic E-state index is 12.8. The minimum Gasteiger partial charge on any atom is -0.336 e. The van der Waals surface area contributed by atoms with Gasteiger partial charge in [0.1, 0.15) is 0 Å². The highest BCUT2D eigenvalue weighted by Crippen LogP contribution is 2.09. The summed E-state index contributed by atoms with van der Waals surface area (Å²) in [6, 6.07) is 8.93. The van der Waals surface area contributed by atoms with E-state index in [2.05, 4.69) is 15.1 Å². The number of hydrogen-bond acceptors (Lipinski definition) is 3. The van der Waals surface area contributed by atoms with Crippen LogP contribution in [-0.2, 0) is 6.54 Å². The SMILES string of the molecule is CN1CCN(C)[C@H](CNC(=O)N(Cc2ccccc2)CC(F)F)C1. The number of hydrogen-bond donors (Lipinski definition) is 1. The van der Waals surface area contributed by atoms with Gasteiger partial charge in [-0.15, -0.1) is 0 Å². The molecule has 7 heteroatoms. The highest BCUT2D eigenvalue weighted by atomic mass is 19.3. The first-order valence-corrected chi connectivity index (χ1v) is 8.19. The molecule has 1 heterocycles. The second kappa shape index (κ2) is 8.94. The van der Waals surface area contributed by atoms with Crippen LogP contribution in [0.5, 0.6) is 0 Å². The average Bonchev–Trinajstić information content (AvgIpc) is 2.55. The summed E-state index contributed by atoms with van der Waals surface area (Å²) in [5, 5.41) is 2.81. The van der Waals surface area contributed by atoms with Crippen LogP contribution in [0.25, 0.3) is 0 Å². The third kappa shape index (κ3) is 5.72. The zero-order valence-corrected chi connectivity index (χ0v) is 14.3. The van der Waals surface area contributed by atoms with Crippen molar-refractivity contribution in [1.82, 2.24) is 20.0 Å². The topological polar surface area (TPSA) is 38.8 Å². The fourth-order valence-electron chi connectivity index (χ4n) is 2.83. The Morgan fingerprint density at radius 3 is 2.67 bits per heavy atom. The van der Waals surface area contributed by atoms with E-state index in [1.54, 1.807) is 0 Å². The molecule has 1 saturated heterocycles. The van der Waals surface area contributed by atoms with E-state index in [1.807, 2.05) is 44.4 Å². The number of carbonyl (C=O) groups excluding carboxylic acids is 1. The van der Waals surface area contributed by atoms with E-state index in [4.69, 9.17) is 0 Å². The Bertz CT molecular complexity index is 515. The summed E-state index contributed by atoms with van der Waals surface area (Å²) >= 11 is 0. The van der Waals surface area contributed by atoms with Crippen LogP contribution in [0, 0.1) is 0 Å². The van der Waals surface area contributed by atoms with E-state index in [0.29, 0.717) is 6.54 Å². The summed E-state index contributed by atoms with van der Waals surface area (Å²) < 4.78 is 25.6. The Morgan fingerprint density at radius 2 is 2.00 bits per heavy atom. The first-order chi connectivity index (χ1) is 11.5. The Hall–Kier alpha value is -1.73. The van der Waals surface area contributed by atoms with Gasteiger partial charge in [-0.25, -0.2) is 13.6 Å². The zero-order chi connectivity index (χ0) is 17.5. The fourth-order valence-corrected chi connectivity index (χ4v) is 2.83. The lowest BCUT2D eigenvalue weighted by Gasteiger charge is -2.38. The van der Waals surface area contributed by atoms with Crippen LogP contribution >= 0.6 is 0 Å². The minimum atomic E-state index is -2.55. The molecule has 24 heavy (non-hydrogen) atoms. The summed E-state index contributed by atoms with van der Waals surface area (Å²) in [6.45, 7) is 2.84. The predicted molar refractivity (Wildman–Crippen MR) is 90.2 cm³/mol. The van der Waals surface area contributed by atoms with E-state index in [0.717, 1.165) is 25.2 Å². The Kier molecular flexibility index (Phi) is 6.93. The number of carbonyl (C=O) groups is 1. The molecule has 1 aliphatic rings. The van der Waals surface area contributed by atoms with Crippen molar-refractivity contribution in [1.29, 1.82) is 0 Å². The molecular formula is C17H26F2N4O. The van der Waals surface area contributed by atoms with Gasteiger partial charge >= 0.3 is 6.03 Å². The minimum absolute atomic E-state index is 0.178. The molecule has 1 aromatic rings. The van der Waals surface area contributed by atoms with E-state index in [-0.39, 0.29) is 12.6 Å². The van der Waals surface area contributed by atoms with Gasteiger partial charge in [-0.05, 0) is 19.7 Å². The van der Waals surface area contributed by atoms with Crippen LogP contribution in [0.1, 0.15) is 5.56 Å². The molecule has 2 amide bonds. The number of nitrogens with zero attached hydrogens (tertiary/aromatic N) is 3. The number of benzene rings is 1. The first kappa shape index (κ1) is 18.6. The van der Waals surface area contributed by atoms with E-state index >= 15 is 0 Å². The summed E-state index contributed by atoms with van der Waals surface area (Å²) in [7, 11) is 4.06. The second-order valence-corrected chi connectivity index (χ2v) is 6.34. The molecular weight excluding hydrogens is 314 g/mol. The van der Waals surface area contributed by atoms with Crippen LogP contribution in [0.4, 0.5) is 13.6 Å².